The predicted molar refractivity (Wildman–Crippen MR) is 81.9 cm³/mol. The summed E-state index contributed by atoms with van der Waals surface area (Å²) < 4.78 is 0. The van der Waals surface area contributed by atoms with Crippen LogP contribution in [0, 0.1) is 13.8 Å². The van der Waals surface area contributed by atoms with Gasteiger partial charge in [-0.05, 0) is 32.3 Å². The Balaban J connectivity index is 1.76. The highest BCUT2D eigenvalue weighted by molar-refractivity contribution is 5.89. The van der Waals surface area contributed by atoms with E-state index < -0.39 is 0 Å². The van der Waals surface area contributed by atoms with Crippen LogP contribution in [0.5, 0.6) is 0 Å². The molecule has 1 saturated carbocycles. The van der Waals surface area contributed by atoms with Gasteiger partial charge in [0.15, 0.2) is 0 Å². The van der Waals surface area contributed by atoms with Gasteiger partial charge in [-0.25, -0.2) is 0 Å². The van der Waals surface area contributed by atoms with Crippen LogP contribution in [0.2, 0.25) is 0 Å². The monoisotopic (exact) mass is 283 g/mol. The van der Waals surface area contributed by atoms with Crippen LogP contribution in [0.15, 0.2) is 30.5 Å². The molecule has 0 radical (unpaired) electrons. The van der Waals surface area contributed by atoms with Crippen LogP contribution in [0.4, 0.5) is 0 Å². The molecule has 0 spiro atoms. The van der Waals surface area contributed by atoms with Gasteiger partial charge in [0.2, 0.25) is 5.91 Å². The number of H-pyrrole nitrogens is 1. The van der Waals surface area contributed by atoms with Crippen LogP contribution in [0.1, 0.15) is 41.6 Å². The molecule has 21 heavy (non-hydrogen) atoms. The molecule has 1 fully saturated rings. The largest absolute Gasteiger partial charge is 0.351 e. The minimum Gasteiger partial charge on any atom is -0.351 e. The van der Waals surface area contributed by atoms with E-state index in [9.17, 15) is 4.79 Å². The zero-order valence-corrected chi connectivity index (χ0v) is 12.6. The summed E-state index contributed by atoms with van der Waals surface area (Å²) in [7, 11) is 0. The van der Waals surface area contributed by atoms with Gasteiger partial charge in [0.05, 0.1) is 11.6 Å². The minimum absolute atomic E-state index is 0.139. The first-order chi connectivity index (χ1) is 10.1. The standard InChI is InChI=1S/C17H21N3O/c1-12-5-3-6-15(9-12)17(7-4-8-17)16(21)18-10-14-11-19-20-13(14)2/h3,5-6,9,11H,4,7-8,10H2,1-2H3,(H,18,21)(H,19,20). The van der Waals surface area contributed by atoms with Gasteiger partial charge in [0.1, 0.15) is 0 Å². The predicted octanol–water partition coefficient (Wildman–Crippen LogP) is 2.76. The molecule has 1 amide bonds. The second kappa shape index (κ2) is 5.35. The number of hydrogen-bond acceptors (Lipinski definition) is 2. The van der Waals surface area contributed by atoms with Crippen molar-refractivity contribution in [1.29, 1.82) is 0 Å². The van der Waals surface area contributed by atoms with Crippen molar-refractivity contribution in [3.63, 3.8) is 0 Å². The highest BCUT2D eigenvalue weighted by Crippen LogP contribution is 2.44. The SMILES string of the molecule is Cc1cccc(C2(C(=O)NCc3cn[nH]c3C)CCC2)c1. The van der Waals surface area contributed by atoms with Crippen molar-refractivity contribution < 1.29 is 4.79 Å². The third kappa shape index (κ3) is 2.46. The zero-order valence-electron chi connectivity index (χ0n) is 12.6. The fourth-order valence-electron chi connectivity index (χ4n) is 3.02. The Labute approximate surface area is 125 Å². The van der Waals surface area contributed by atoms with Crippen LogP contribution in [-0.2, 0) is 16.8 Å². The molecular weight excluding hydrogens is 262 g/mol. The Hall–Kier alpha value is -2.10. The third-order valence-electron chi connectivity index (χ3n) is 4.59. The number of carbonyl (C=O) groups excluding carboxylic acids is 1. The van der Waals surface area contributed by atoms with E-state index in [-0.39, 0.29) is 11.3 Å². The van der Waals surface area contributed by atoms with Crippen molar-refractivity contribution >= 4 is 5.91 Å². The van der Waals surface area contributed by atoms with Gasteiger partial charge in [-0.15, -0.1) is 0 Å². The fraction of sp³-hybridized carbons (Fsp3) is 0.412. The van der Waals surface area contributed by atoms with Crippen molar-refractivity contribution in [2.24, 2.45) is 0 Å². The number of rotatable bonds is 4. The average molecular weight is 283 g/mol. The van der Waals surface area contributed by atoms with Crippen molar-refractivity contribution in [3.8, 4) is 0 Å². The Morgan fingerprint density at radius 3 is 2.76 bits per heavy atom. The number of aromatic nitrogens is 2. The molecule has 0 bridgehead atoms. The molecule has 3 rings (SSSR count). The molecule has 0 saturated heterocycles. The van der Waals surface area contributed by atoms with Crippen molar-refractivity contribution in [2.75, 3.05) is 0 Å². The fourth-order valence-corrected chi connectivity index (χ4v) is 3.02. The molecule has 1 aromatic carbocycles. The van der Waals surface area contributed by atoms with Crippen LogP contribution in [0.25, 0.3) is 0 Å². The first kappa shape index (κ1) is 13.9. The summed E-state index contributed by atoms with van der Waals surface area (Å²) in [4.78, 5) is 12.7. The quantitative estimate of drug-likeness (QED) is 0.906. The molecule has 1 aromatic heterocycles. The van der Waals surface area contributed by atoms with Crippen molar-refractivity contribution in [2.45, 2.75) is 45.1 Å². The lowest BCUT2D eigenvalue weighted by Crippen LogP contribution is -2.49. The summed E-state index contributed by atoms with van der Waals surface area (Å²) in [5.74, 6) is 0.139. The van der Waals surface area contributed by atoms with Gasteiger partial charge in [-0.3, -0.25) is 9.89 Å². The van der Waals surface area contributed by atoms with E-state index in [1.54, 1.807) is 6.20 Å². The van der Waals surface area contributed by atoms with Gasteiger partial charge >= 0.3 is 0 Å². The minimum atomic E-state index is -0.330. The van der Waals surface area contributed by atoms with Gasteiger partial charge in [0.25, 0.3) is 0 Å². The molecule has 1 aliphatic rings. The molecule has 0 aliphatic heterocycles. The number of aromatic amines is 1. The normalized spacial score (nSPS) is 16.3. The summed E-state index contributed by atoms with van der Waals surface area (Å²) in [6.45, 7) is 4.57. The number of aryl methyl sites for hydroxylation is 2. The maximum atomic E-state index is 12.7. The maximum Gasteiger partial charge on any atom is 0.230 e. The second-order valence-corrected chi connectivity index (χ2v) is 6.01. The van der Waals surface area contributed by atoms with Gasteiger partial charge < -0.3 is 5.32 Å². The molecule has 110 valence electrons. The van der Waals surface area contributed by atoms with Gasteiger partial charge in [-0.1, -0.05) is 36.2 Å². The van der Waals surface area contributed by atoms with E-state index in [0.29, 0.717) is 6.54 Å². The lowest BCUT2D eigenvalue weighted by molar-refractivity contribution is -0.130. The van der Waals surface area contributed by atoms with Crippen LogP contribution < -0.4 is 5.32 Å². The molecular formula is C17H21N3O. The topological polar surface area (TPSA) is 57.8 Å². The summed E-state index contributed by atoms with van der Waals surface area (Å²) in [5.41, 5.74) is 4.08. The van der Waals surface area contributed by atoms with E-state index in [1.165, 1.54) is 5.56 Å². The zero-order chi connectivity index (χ0) is 14.9. The van der Waals surface area contributed by atoms with Crippen LogP contribution in [-0.4, -0.2) is 16.1 Å². The van der Waals surface area contributed by atoms with E-state index in [2.05, 4.69) is 40.6 Å². The van der Waals surface area contributed by atoms with Crippen LogP contribution >= 0.6 is 0 Å². The maximum absolute atomic E-state index is 12.7. The molecule has 2 N–H and O–H groups in total. The third-order valence-corrected chi connectivity index (χ3v) is 4.59. The molecule has 0 atom stereocenters. The van der Waals surface area contributed by atoms with Crippen LogP contribution in [0.3, 0.4) is 0 Å². The molecule has 4 heteroatoms. The number of carbonyl (C=O) groups is 1. The van der Waals surface area contributed by atoms with E-state index in [4.69, 9.17) is 0 Å². The molecule has 1 heterocycles. The Kier molecular flexibility index (Phi) is 3.53. The number of nitrogens with zero attached hydrogens (tertiary/aromatic N) is 1. The number of hydrogen-bond donors (Lipinski definition) is 2. The summed E-state index contributed by atoms with van der Waals surface area (Å²) in [5, 5.41) is 9.97. The summed E-state index contributed by atoms with van der Waals surface area (Å²) in [6, 6.07) is 8.33. The highest BCUT2D eigenvalue weighted by Gasteiger charge is 2.45. The smallest absolute Gasteiger partial charge is 0.230 e. The average Bonchev–Trinajstić information content (AvgIpc) is 2.81. The second-order valence-electron chi connectivity index (χ2n) is 6.01. The number of benzene rings is 1. The molecule has 0 unspecified atom stereocenters. The molecule has 4 nitrogen and oxygen atoms in total. The Morgan fingerprint density at radius 1 is 1.38 bits per heavy atom. The van der Waals surface area contributed by atoms with Gasteiger partial charge in [-0.2, -0.15) is 5.10 Å². The van der Waals surface area contributed by atoms with E-state index in [1.807, 2.05) is 13.0 Å². The highest BCUT2D eigenvalue weighted by atomic mass is 16.2. The summed E-state index contributed by atoms with van der Waals surface area (Å²) >= 11 is 0. The van der Waals surface area contributed by atoms with Gasteiger partial charge in [0, 0.05) is 17.8 Å². The number of nitrogens with one attached hydrogen (secondary N) is 2. The number of amides is 1. The van der Waals surface area contributed by atoms with Crippen molar-refractivity contribution in [1.82, 2.24) is 15.5 Å². The first-order valence-corrected chi connectivity index (χ1v) is 7.46. The lowest BCUT2D eigenvalue weighted by Gasteiger charge is -2.41. The van der Waals surface area contributed by atoms with E-state index in [0.717, 1.165) is 36.1 Å². The van der Waals surface area contributed by atoms with E-state index >= 15 is 0 Å². The molecule has 2 aromatic rings. The van der Waals surface area contributed by atoms with Crippen molar-refractivity contribution in [3.05, 3.63) is 52.8 Å². The summed E-state index contributed by atoms with van der Waals surface area (Å²) in [6.07, 6.45) is 4.77. The first-order valence-electron chi connectivity index (χ1n) is 7.46. The Morgan fingerprint density at radius 2 is 2.19 bits per heavy atom. The Bertz CT molecular complexity index is 656. The lowest BCUT2D eigenvalue weighted by atomic mass is 9.63. The molecule has 1 aliphatic carbocycles.